The summed E-state index contributed by atoms with van der Waals surface area (Å²) in [7, 11) is 0. The van der Waals surface area contributed by atoms with Gasteiger partial charge in [0.05, 0.1) is 0 Å². The number of carbonyl (C=O) groups excluding carboxylic acids is 1. The van der Waals surface area contributed by atoms with E-state index in [1.807, 2.05) is 0 Å². The third-order valence-electron chi connectivity index (χ3n) is 7.05. The summed E-state index contributed by atoms with van der Waals surface area (Å²) in [5.41, 5.74) is 0. The van der Waals surface area contributed by atoms with Crippen LogP contribution in [0.5, 0.6) is 0 Å². The van der Waals surface area contributed by atoms with Crippen LogP contribution in [0.25, 0.3) is 0 Å². The molecule has 1 nitrogen and oxygen atoms in total. The number of carbonyl (C=O) groups is 1. The molecule has 3 aliphatic rings. The van der Waals surface area contributed by atoms with Crippen molar-refractivity contribution in [3.63, 3.8) is 0 Å². The number of unbranched alkanes of at least 4 members (excludes halogenated alkanes) is 4. The van der Waals surface area contributed by atoms with Crippen LogP contribution in [0.4, 0.5) is 0 Å². The Kier molecular flexibility index (Phi) is 6.21. The summed E-state index contributed by atoms with van der Waals surface area (Å²) >= 11 is 0. The molecule has 0 bridgehead atoms. The van der Waals surface area contributed by atoms with E-state index < -0.39 is 0 Å². The van der Waals surface area contributed by atoms with Gasteiger partial charge >= 0.3 is 0 Å². The Morgan fingerprint density at radius 2 is 1.26 bits per heavy atom. The Morgan fingerprint density at radius 3 is 1.91 bits per heavy atom. The molecule has 0 heterocycles. The summed E-state index contributed by atoms with van der Waals surface area (Å²) in [4.78, 5) is 10.9. The Labute approximate surface area is 144 Å². The van der Waals surface area contributed by atoms with E-state index in [4.69, 9.17) is 0 Å². The second-order valence-electron chi connectivity index (χ2n) is 9.16. The first-order valence-corrected chi connectivity index (χ1v) is 10.7. The second kappa shape index (κ2) is 8.17. The van der Waals surface area contributed by atoms with Crippen LogP contribution >= 0.6 is 0 Å². The zero-order valence-corrected chi connectivity index (χ0v) is 15.6. The summed E-state index contributed by atoms with van der Waals surface area (Å²) in [6.45, 7) is 4.08. The van der Waals surface area contributed by atoms with Gasteiger partial charge in [-0.25, -0.2) is 0 Å². The maximum Gasteiger partial charge on any atom is 0.129 e. The molecule has 3 saturated carbocycles. The highest BCUT2D eigenvalue weighted by Crippen LogP contribution is 2.58. The van der Waals surface area contributed by atoms with E-state index in [0.717, 1.165) is 48.3 Å². The lowest BCUT2D eigenvalue weighted by Crippen LogP contribution is -1.91. The van der Waals surface area contributed by atoms with Gasteiger partial charge < -0.3 is 4.79 Å². The number of rotatable bonds is 13. The van der Waals surface area contributed by atoms with Gasteiger partial charge in [-0.15, -0.1) is 0 Å². The molecule has 0 aliphatic heterocycles. The molecule has 0 aromatic carbocycles. The third kappa shape index (κ3) is 5.91. The lowest BCUT2D eigenvalue weighted by atomic mass is 10.0. The summed E-state index contributed by atoms with van der Waals surface area (Å²) < 4.78 is 0. The summed E-state index contributed by atoms with van der Waals surface area (Å²) in [5, 5.41) is 0. The van der Waals surface area contributed by atoms with Gasteiger partial charge in [-0.2, -0.15) is 0 Å². The number of hydrogen-bond acceptors (Lipinski definition) is 1. The van der Waals surface area contributed by atoms with Gasteiger partial charge in [0.1, 0.15) is 5.78 Å². The number of Topliss-reactive ketones (excluding diaryl/α,β-unsaturated/α-hetero) is 1. The molecule has 1 heteroatoms. The first-order valence-electron chi connectivity index (χ1n) is 10.7. The van der Waals surface area contributed by atoms with E-state index in [-0.39, 0.29) is 0 Å². The minimum absolute atomic E-state index is 0.358. The average molecular weight is 319 g/mol. The zero-order chi connectivity index (χ0) is 16.2. The Bertz CT molecular complexity index is 387. The van der Waals surface area contributed by atoms with Crippen molar-refractivity contribution in [1.82, 2.24) is 0 Å². The lowest BCUT2D eigenvalue weighted by Gasteiger charge is -2.02. The standard InChI is InChI=1S/C22H38O/c1-3-17-11-19(17)13-21-15-22(21)14-20-12-18(20)10-8-6-4-5-7-9-16(2)23/h17-22H,3-15H2,1-2H3/t17?,18-,19-,20?,21?,22+/m1/s1. The van der Waals surface area contributed by atoms with E-state index in [2.05, 4.69) is 6.92 Å². The van der Waals surface area contributed by atoms with Crippen molar-refractivity contribution < 1.29 is 4.79 Å². The number of ketones is 1. The molecule has 3 aliphatic carbocycles. The molecule has 6 atom stereocenters. The molecule has 0 amide bonds. The normalized spacial score (nSPS) is 37.7. The van der Waals surface area contributed by atoms with Crippen LogP contribution in [0.15, 0.2) is 0 Å². The van der Waals surface area contributed by atoms with Gasteiger partial charge in [0, 0.05) is 6.42 Å². The molecule has 23 heavy (non-hydrogen) atoms. The highest BCUT2D eigenvalue weighted by Gasteiger charge is 2.48. The maximum absolute atomic E-state index is 10.9. The van der Waals surface area contributed by atoms with Crippen molar-refractivity contribution in [2.24, 2.45) is 35.5 Å². The van der Waals surface area contributed by atoms with Crippen LogP contribution < -0.4 is 0 Å². The van der Waals surface area contributed by atoms with E-state index >= 15 is 0 Å². The van der Waals surface area contributed by atoms with Gasteiger partial charge in [-0.05, 0) is 81.0 Å². The Hall–Kier alpha value is -0.330. The minimum Gasteiger partial charge on any atom is -0.300 e. The molecule has 0 N–H and O–H groups in total. The Balaban J connectivity index is 1.13. The van der Waals surface area contributed by atoms with E-state index in [0.29, 0.717) is 5.78 Å². The predicted molar refractivity (Wildman–Crippen MR) is 97.3 cm³/mol. The first-order chi connectivity index (χ1) is 11.2. The van der Waals surface area contributed by atoms with Crippen molar-refractivity contribution in [3.8, 4) is 0 Å². The molecule has 0 aromatic rings. The summed E-state index contributed by atoms with van der Waals surface area (Å²) in [6, 6.07) is 0. The Morgan fingerprint density at radius 1 is 0.739 bits per heavy atom. The lowest BCUT2D eigenvalue weighted by molar-refractivity contribution is -0.117. The monoisotopic (exact) mass is 318 g/mol. The van der Waals surface area contributed by atoms with Gasteiger partial charge in [-0.3, -0.25) is 0 Å². The third-order valence-corrected chi connectivity index (χ3v) is 7.05. The van der Waals surface area contributed by atoms with Crippen molar-refractivity contribution in [1.29, 1.82) is 0 Å². The topological polar surface area (TPSA) is 17.1 Å². The zero-order valence-electron chi connectivity index (χ0n) is 15.6. The van der Waals surface area contributed by atoms with Crippen molar-refractivity contribution in [3.05, 3.63) is 0 Å². The fraction of sp³-hybridized carbons (Fsp3) is 0.955. The molecular formula is C22H38O. The molecule has 0 saturated heterocycles. The second-order valence-corrected chi connectivity index (χ2v) is 9.16. The fourth-order valence-electron chi connectivity index (χ4n) is 5.03. The largest absolute Gasteiger partial charge is 0.300 e. The van der Waals surface area contributed by atoms with Crippen LogP contribution in [-0.2, 0) is 4.79 Å². The van der Waals surface area contributed by atoms with Gasteiger partial charge in [0.25, 0.3) is 0 Å². The molecule has 132 valence electrons. The highest BCUT2D eigenvalue weighted by molar-refractivity contribution is 5.75. The van der Waals surface area contributed by atoms with Crippen LogP contribution in [0, 0.1) is 35.5 Å². The first kappa shape index (κ1) is 17.5. The van der Waals surface area contributed by atoms with Crippen LogP contribution in [0.1, 0.15) is 97.3 Å². The quantitative estimate of drug-likeness (QED) is 0.359. The van der Waals surface area contributed by atoms with Gasteiger partial charge in [-0.1, -0.05) is 45.4 Å². The molecular weight excluding hydrogens is 280 g/mol. The van der Waals surface area contributed by atoms with Gasteiger partial charge in [0.2, 0.25) is 0 Å². The smallest absolute Gasteiger partial charge is 0.129 e. The molecule has 3 fully saturated rings. The van der Waals surface area contributed by atoms with Crippen molar-refractivity contribution in [2.75, 3.05) is 0 Å². The SMILES string of the molecule is CCC1C[C@@H]1CC1C[C@@H]1CC1C[C@H]1CCCCCCCC(C)=O. The van der Waals surface area contributed by atoms with E-state index in [9.17, 15) is 4.79 Å². The maximum atomic E-state index is 10.9. The predicted octanol–water partition coefficient (Wildman–Crippen LogP) is 6.40. The average Bonchev–Trinajstić information content (AvgIpc) is 3.40. The molecule has 0 aromatic heterocycles. The van der Waals surface area contributed by atoms with Crippen LogP contribution in [0.3, 0.4) is 0 Å². The summed E-state index contributed by atoms with van der Waals surface area (Å²) in [5.74, 6) is 7.08. The minimum atomic E-state index is 0.358. The molecule has 3 unspecified atom stereocenters. The summed E-state index contributed by atoms with van der Waals surface area (Å²) in [6.07, 6.45) is 18.1. The molecule has 0 radical (unpaired) electrons. The fourth-order valence-corrected chi connectivity index (χ4v) is 5.03. The highest BCUT2D eigenvalue weighted by atomic mass is 16.1. The van der Waals surface area contributed by atoms with Gasteiger partial charge in [0.15, 0.2) is 0 Å². The molecule has 0 spiro atoms. The van der Waals surface area contributed by atoms with Crippen molar-refractivity contribution in [2.45, 2.75) is 97.3 Å². The van der Waals surface area contributed by atoms with E-state index in [1.54, 1.807) is 39.0 Å². The van der Waals surface area contributed by atoms with Crippen LogP contribution in [-0.4, -0.2) is 5.78 Å². The molecule has 3 rings (SSSR count). The van der Waals surface area contributed by atoms with Crippen LogP contribution in [0.2, 0.25) is 0 Å². The van der Waals surface area contributed by atoms with E-state index in [1.165, 1.54) is 38.5 Å². The van der Waals surface area contributed by atoms with Crippen molar-refractivity contribution >= 4 is 5.78 Å². The number of hydrogen-bond donors (Lipinski definition) is 0.